The van der Waals surface area contributed by atoms with E-state index in [4.69, 9.17) is 10.8 Å². The molecule has 0 spiro atoms. The molecule has 4 N–H and O–H groups in total. The Morgan fingerprint density at radius 2 is 2.17 bits per heavy atom. The van der Waals surface area contributed by atoms with Gasteiger partial charge in [-0.15, -0.1) is 0 Å². The van der Waals surface area contributed by atoms with Gasteiger partial charge in [-0.05, 0) is 49.1 Å². The zero-order valence-corrected chi connectivity index (χ0v) is 10.5. The molecule has 4 heteroatoms. The molecule has 1 heterocycles. The van der Waals surface area contributed by atoms with Crippen molar-refractivity contribution in [2.45, 2.75) is 26.2 Å². The second-order valence-corrected chi connectivity index (χ2v) is 4.42. The van der Waals surface area contributed by atoms with Gasteiger partial charge in [-0.1, -0.05) is 6.92 Å². The lowest BCUT2D eigenvalue weighted by atomic mass is 10.0. The van der Waals surface area contributed by atoms with Crippen LogP contribution in [0.3, 0.4) is 0 Å². The third kappa shape index (κ3) is 2.24. The van der Waals surface area contributed by atoms with E-state index in [2.05, 4.69) is 4.98 Å². The summed E-state index contributed by atoms with van der Waals surface area (Å²) in [6, 6.07) is 3.49. The van der Waals surface area contributed by atoms with Crippen molar-refractivity contribution in [1.29, 1.82) is 0 Å². The number of fused-ring (bicyclic) bond motifs is 1. The summed E-state index contributed by atoms with van der Waals surface area (Å²) in [5.41, 5.74) is 9.12. The Bertz CT molecular complexity index is 572. The van der Waals surface area contributed by atoms with Crippen LogP contribution in [-0.4, -0.2) is 22.6 Å². The quantitative estimate of drug-likeness (QED) is 0.757. The van der Waals surface area contributed by atoms with Crippen molar-refractivity contribution in [2.75, 3.05) is 6.54 Å². The van der Waals surface area contributed by atoms with Crippen molar-refractivity contribution >= 4 is 16.9 Å². The number of carboxylic acids is 1. The first kappa shape index (κ1) is 12.6. The zero-order valence-electron chi connectivity index (χ0n) is 10.5. The van der Waals surface area contributed by atoms with Gasteiger partial charge in [0.2, 0.25) is 0 Å². The molecule has 0 unspecified atom stereocenters. The normalized spacial score (nSPS) is 11.0. The molecule has 0 bridgehead atoms. The molecule has 1 aromatic heterocycles. The van der Waals surface area contributed by atoms with Crippen LogP contribution in [0.2, 0.25) is 0 Å². The van der Waals surface area contributed by atoms with E-state index in [9.17, 15) is 4.79 Å². The van der Waals surface area contributed by atoms with E-state index in [1.807, 2.05) is 13.1 Å². The van der Waals surface area contributed by atoms with Gasteiger partial charge in [-0.3, -0.25) is 0 Å². The highest BCUT2D eigenvalue weighted by molar-refractivity contribution is 5.96. The Labute approximate surface area is 106 Å². The van der Waals surface area contributed by atoms with Crippen LogP contribution in [0.25, 0.3) is 10.9 Å². The van der Waals surface area contributed by atoms with Crippen molar-refractivity contribution in [3.63, 3.8) is 0 Å². The van der Waals surface area contributed by atoms with Gasteiger partial charge in [0, 0.05) is 17.1 Å². The molecule has 0 aliphatic rings. The van der Waals surface area contributed by atoms with Crippen molar-refractivity contribution in [1.82, 2.24) is 4.98 Å². The topological polar surface area (TPSA) is 79.1 Å². The highest BCUT2D eigenvalue weighted by atomic mass is 16.4. The summed E-state index contributed by atoms with van der Waals surface area (Å²) in [5, 5.41) is 10.2. The predicted octanol–water partition coefficient (Wildman–Crippen LogP) is 2.32. The van der Waals surface area contributed by atoms with Gasteiger partial charge in [-0.25, -0.2) is 4.79 Å². The molecule has 0 aliphatic heterocycles. The molecule has 0 amide bonds. The van der Waals surface area contributed by atoms with E-state index < -0.39 is 5.97 Å². The largest absolute Gasteiger partial charge is 0.478 e. The first-order valence-electron chi connectivity index (χ1n) is 6.23. The molecule has 0 aliphatic carbocycles. The molecule has 0 fully saturated rings. The van der Waals surface area contributed by atoms with Crippen LogP contribution in [0.5, 0.6) is 0 Å². The summed E-state index contributed by atoms with van der Waals surface area (Å²) in [6.45, 7) is 2.67. The number of aromatic nitrogens is 1. The number of hydrogen-bond acceptors (Lipinski definition) is 2. The molecule has 0 atom stereocenters. The fraction of sp³-hybridized carbons (Fsp3) is 0.357. The Hall–Kier alpha value is -1.81. The minimum absolute atomic E-state index is 0.355. The monoisotopic (exact) mass is 246 g/mol. The van der Waals surface area contributed by atoms with Crippen molar-refractivity contribution < 1.29 is 9.90 Å². The number of aromatic amines is 1. The molecule has 0 saturated carbocycles. The number of carbonyl (C=O) groups is 1. The number of rotatable bonds is 5. The average molecular weight is 246 g/mol. The fourth-order valence-corrected chi connectivity index (χ4v) is 2.26. The zero-order chi connectivity index (χ0) is 13.1. The van der Waals surface area contributed by atoms with Crippen LogP contribution < -0.4 is 5.73 Å². The number of aromatic carboxylic acids is 1. The average Bonchev–Trinajstić information content (AvgIpc) is 2.78. The van der Waals surface area contributed by atoms with Crippen LogP contribution in [0.4, 0.5) is 0 Å². The third-order valence-corrected chi connectivity index (χ3v) is 3.23. The molecular formula is C14H18N2O2. The lowest BCUT2D eigenvalue weighted by molar-refractivity contribution is 0.0697. The van der Waals surface area contributed by atoms with E-state index >= 15 is 0 Å². The summed E-state index contributed by atoms with van der Waals surface area (Å²) in [5.74, 6) is -0.877. The lowest BCUT2D eigenvalue weighted by Crippen LogP contribution is -2.01. The third-order valence-electron chi connectivity index (χ3n) is 3.23. The molecule has 0 radical (unpaired) electrons. The maximum Gasteiger partial charge on any atom is 0.335 e. The number of nitrogens with two attached hydrogens (primary N) is 1. The molecule has 4 nitrogen and oxygen atoms in total. The Morgan fingerprint density at radius 1 is 1.39 bits per heavy atom. The minimum atomic E-state index is -0.877. The van der Waals surface area contributed by atoms with Gasteiger partial charge in [-0.2, -0.15) is 0 Å². The van der Waals surface area contributed by atoms with E-state index in [-0.39, 0.29) is 0 Å². The van der Waals surface area contributed by atoms with Crippen molar-refractivity contribution in [3.8, 4) is 0 Å². The van der Waals surface area contributed by atoms with Crippen molar-refractivity contribution in [2.24, 2.45) is 5.73 Å². The Morgan fingerprint density at radius 3 is 2.78 bits per heavy atom. The molecule has 1 aromatic carbocycles. The standard InChI is InChI=1S/C14H18N2O2/c1-2-9-6-11(14(17)18)7-12-10(4-3-5-15)8-16-13(9)12/h6-8,16H,2-5,15H2,1H3,(H,17,18). The van der Waals surface area contributed by atoms with Crippen LogP contribution in [-0.2, 0) is 12.8 Å². The maximum atomic E-state index is 11.1. The van der Waals surface area contributed by atoms with E-state index in [1.54, 1.807) is 12.1 Å². The SMILES string of the molecule is CCc1cc(C(=O)O)cc2c(CCCN)c[nH]c12. The van der Waals surface area contributed by atoms with Crippen LogP contribution in [0.1, 0.15) is 34.8 Å². The number of carboxylic acid groups (broad SMARTS) is 1. The summed E-state index contributed by atoms with van der Waals surface area (Å²) in [6.07, 6.45) is 4.56. The van der Waals surface area contributed by atoms with Gasteiger partial charge in [0.1, 0.15) is 0 Å². The van der Waals surface area contributed by atoms with Gasteiger partial charge >= 0.3 is 5.97 Å². The van der Waals surface area contributed by atoms with Gasteiger partial charge in [0.15, 0.2) is 0 Å². The first-order chi connectivity index (χ1) is 8.67. The van der Waals surface area contributed by atoms with Crippen LogP contribution in [0.15, 0.2) is 18.3 Å². The highest BCUT2D eigenvalue weighted by Gasteiger charge is 2.12. The van der Waals surface area contributed by atoms with E-state index in [1.165, 1.54) is 0 Å². The number of H-pyrrole nitrogens is 1. The fourth-order valence-electron chi connectivity index (χ4n) is 2.26. The Balaban J connectivity index is 2.56. The first-order valence-corrected chi connectivity index (χ1v) is 6.23. The number of nitrogens with one attached hydrogen (secondary N) is 1. The smallest absolute Gasteiger partial charge is 0.335 e. The molecule has 2 aromatic rings. The second-order valence-electron chi connectivity index (χ2n) is 4.42. The van der Waals surface area contributed by atoms with Crippen LogP contribution in [0, 0.1) is 0 Å². The maximum absolute atomic E-state index is 11.1. The molecule has 18 heavy (non-hydrogen) atoms. The molecule has 2 rings (SSSR count). The molecule has 96 valence electrons. The number of benzene rings is 1. The predicted molar refractivity (Wildman–Crippen MR) is 72.0 cm³/mol. The van der Waals surface area contributed by atoms with Crippen molar-refractivity contribution in [3.05, 3.63) is 35.0 Å². The van der Waals surface area contributed by atoms with Gasteiger partial charge < -0.3 is 15.8 Å². The number of hydrogen-bond donors (Lipinski definition) is 3. The number of aryl methyl sites for hydroxylation is 2. The molecule has 0 saturated heterocycles. The Kier molecular flexibility index (Phi) is 3.67. The summed E-state index contributed by atoms with van der Waals surface area (Å²) in [4.78, 5) is 14.4. The summed E-state index contributed by atoms with van der Waals surface area (Å²) >= 11 is 0. The van der Waals surface area contributed by atoms with Gasteiger partial charge in [0.05, 0.1) is 5.56 Å². The molecular weight excluding hydrogens is 228 g/mol. The van der Waals surface area contributed by atoms with Gasteiger partial charge in [0.25, 0.3) is 0 Å². The summed E-state index contributed by atoms with van der Waals surface area (Å²) < 4.78 is 0. The summed E-state index contributed by atoms with van der Waals surface area (Å²) in [7, 11) is 0. The van der Waals surface area contributed by atoms with E-state index in [0.29, 0.717) is 12.1 Å². The second kappa shape index (κ2) is 5.23. The minimum Gasteiger partial charge on any atom is -0.478 e. The van der Waals surface area contributed by atoms with E-state index in [0.717, 1.165) is 41.3 Å². The highest BCUT2D eigenvalue weighted by Crippen LogP contribution is 2.25. The van der Waals surface area contributed by atoms with Crippen LogP contribution >= 0.6 is 0 Å². The lowest BCUT2D eigenvalue weighted by Gasteiger charge is -2.04.